The monoisotopic (exact) mass is 407 g/mol. The Hall–Kier alpha value is -3.03. The zero-order valence-electron chi connectivity index (χ0n) is 15.9. The number of hydrogen-bond donors (Lipinski definition) is 0. The molecule has 6 nitrogen and oxygen atoms in total. The van der Waals surface area contributed by atoms with Crippen LogP contribution in [0, 0.1) is 10.1 Å². The summed E-state index contributed by atoms with van der Waals surface area (Å²) in [5.41, 5.74) is 3.08. The van der Waals surface area contributed by atoms with E-state index in [9.17, 15) is 14.9 Å². The number of non-ortho nitro benzene ring substituents is 1. The molecule has 29 heavy (non-hydrogen) atoms. The fourth-order valence-electron chi connectivity index (χ4n) is 3.60. The zero-order valence-corrected chi connectivity index (χ0v) is 16.7. The van der Waals surface area contributed by atoms with Gasteiger partial charge in [0.25, 0.3) is 11.6 Å². The smallest absolute Gasteiger partial charge is 0.269 e. The molecule has 0 bridgehead atoms. The van der Waals surface area contributed by atoms with Crippen LogP contribution in [-0.4, -0.2) is 46.8 Å². The Balaban J connectivity index is 1.39. The number of nitro groups is 1. The predicted octanol–water partition coefficient (Wildman–Crippen LogP) is 4.28. The van der Waals surface area contributed by atoms with E-state index in [0.29, 0.717) is 19.6 Å². The summed E-state index contributed by atoms with van der Waals surface area (Å²) in [6, 6.07) is 18.7. The number of carbonyl (C=O) groups excluding carboxylic acids is 1. The third kappa shape index (κ3) is 4.36. The Labute approximate surface area is 173 Å². The average Bonchev–Trinajstić information content (AvgIpc) is 3.24. The summed E-state index contributed by atoms with van der Waals surface area (Å²) in [5.74, 6) is 0.0776. The molecule has 1 aliphatic heterocycles. The molecule has 0 N–H and O–H groups in total. The predicted molar refractivity (Wildman–Crippen MR) is 114 cm³/mol. The van der Waals surface area contributed by atoms with Crippen LogP contribution < -0.4 is 0 Å². The lowest BCUT2D eigenvalue weighted by atomic mass is 10.1. The molecule has 7 heteroatoms. The number of piperazine rings is 1. The molecule has 1 aliphatic rings. The van der Waals surface area contributed by atoms with Crippen LogP contribution in [0.1, 0.15) is 15.2 Å². The molecule has 1 saturated heterocycles. The maximum absolute atomic E-state index is 13.1. The molecule has 0 unspecified atom stereocenters. The summed E-state index contributed by atoms with van der Waals surface area (Å²) in [5, 5.41) is 12.9. The van der Waals surface area contributed by atoms with Gasteiger partial charge in [-0.15, -0.1) is 11.3 Å². The number of rotatable bonds is 5. The Morgan fingerprint density at radius 2 is 1.76 bits per heavy atom. The number of amides is 1. The van der Waals surface area contributed by atoms with E-state index in [1.807, 2.05) is 52.7 Å². The van der Waals surface area contributed by atoms with E-state index in [0.717, 1.165) is 34.7 Å². The molecule has 2 aromatic carbocycles. The third-order valence-corrected chi connectivity index (χ3v) is 6.03. The second-order valence-corrected chi connectivity index (χ2v) is 7.94. The van der Waals surface area contributed by atoms with Gasteiger partial charge in [-0.05, 0) is 22.6 Å². The number of hydrogen-bond acceptors (Lipinski definition) is 5. The lowest BCUT2D eigenvalue weighted by molar-refractivity contribution is -0.384. The number of carbonyl (C=O) groups is 1. The van der Waals surface area contributed by atoms with Gasteiger partial charge in [0.2, 0.25) is 0 Å². The van der Waals surface area contributed by atoms with Crippen molar-refractivity contribution in [1.82, 2.24) is 9.80 Å². The van der Waals surface area contributed by atoms with Crippen molar-refractivity contribution in [3.8, 4) is 11.1 Å². The van der Waals surface area contributed by atoms with Gasteiger partial charge in [-0.1, -0.05) is 42.5 Å². The van der Waals surface area contributed by atoms with E-state index in [-0.39, 0.29) is 16.5 Å². The molecule has 1 amide bonds. The number of thiophene rings is 1. The van der Waals surface area contributed by atoms with Crippen LogP contribution in [0.15, 0.2) is 66.0 Å². The molecule has 148 valence electrons. The SMILES string of the molecule is O=C(c1sccc1-c1ccccc1)N1CCN(Cc2cccc([N+](=O)[O-])c2)CC1. The highest BCUT2D eigenvalue weighted by atomic mass is 32.1. The minimum absolute atomic E-state index is 0.0776. The Bertz CT molecular complexity index is 1010. The van der Waals surface area contributed by atoms with E-state index >= 15 is 0 Å². The number of benzene rings is 2. The molecule has 0 saturated carbocycles. The molecule has 1 fully saturated rings. The Morgan fingerprint density at radius 1 is 1.00 bits per heavy atom. The van der Waals surface area contributed by atoms with Crippen molar-refractivity contribution in [2.45, 2.75) is 6.54 Å². The first-order valence-electron chi connectivity index (χ1n) is 9.50. The van der Waals surface area contributed by atoms with Gasteiger partial charge in [0.05, 0.1) is 9.80 Å². The topological polar surface area (TPSA) is 66.7 Å². The third-order valence-electron chi connectivity index (χ3n) is 5.13. The standard InChI is InChI=1S/C22H21N3O3S/c26-22(21-20(9-14-29-21)18-6-2-1-3-7-18)24-12-10-23(11-13-24)16-17-5-4-8-19(15-17)25(27)28/h1-9,14-15H,10-13,16H2. The first-order valence-corrected chi connectivity index (χ1v) is 10.4. The maximum Gasteiger partial charge on any atom is 0.269 e. The van der Waals surface area contributed by atoms with E-state index in [2.05, 4.69) is 4.90 Å². The normalized spacial score (nSPS) is 14.7. The quantitative estimate of drug-likeness (QED) is 0.468. The molecule has 1 aromatic heterocycles. The van der Waals surface area contributed by atoms with E-state index in [1.54, 1.807) is 12.1 Å². The van der Waals surface area contributed by atoms with Crippen molar-refractivity contribution in [2.24, 2.45) is 0 Å². The van der Waals surface area contributed by atoms with Crippen LogP contribution >= 0.6 is 11.3 Å². The fourth-order valence-corrected chi connectivity index (χ4v) is 4.48. The Morgan fingerprint density at radius 3 is 2.48 bits per heavy atom. The highest BCUT2D eigenvalue weighted by molar-refractivity contribution is 7.12. The van der Waals surface area contributed by atoms with E-state index < -0.39 is 0 Å². The minimum Gasteiger partial charge on any atom is -0.335 e. The molecule has 0 spiro atoms. The van der Waals surface area contributed by atoms with Gasteiger partial charge >= 0.3 is 0 Å². The zero-order chi connectivity index (χ0) is 20.2. The van der Waals surface area contributed by atoms with Crippen LogP contribution in [0.4, 0.5) is 5.69 Å². The van der Waals surface area contributed by atoms with Crippen molar-refractivity contribution >= 4 is 22.9 Å². The van der Waals surface area contributed by atoms with Gasteiger partial charge in [-0.3, -0.25) is 19.8 Å². The van der Waals surface area contributed by atoms with Crippen molar-refractivity contribution in [1.29, 1.82) is 0 Å². The summed E-state index contributed by atoms with van der Waals surface area (Å²) in [4.78, 5) is 28.6. The lowest BCUT2D eigenvalue weighted by Gasteiger charge is -2.34. The fraction of sp³-hybridized carbons (Fsp3) is 0.227. The second kappa shape index (κ2) is 8.55. The van der Waals surface area contributed by atoms with Gasteiger partial charge in [0.15, 0.2) is 0 Å². The van der Waals surface area contributed by atoms with Crippen LogP contribution in [0.5, 0.6) is 0 Å². The molecular formula is C22H21N3O3S. The Kier molecular flexibility index (Phi) is 5.69. The van der Waals surface area contributed by atoms with Crippen LogP contribution in [0.2, 0.25) is 0 Å². The summed E-state index contributed by atoms with van der Waals surface area (Å²) in [6.45, 7) is 3.46. The average molecular weight is 407 g/mol. The summed E-state index contributed by atoms with van der Waals surface area (Å²) in [6.07, 6.45) is 0. The van der Waals surface area contributed by atoms with Gasteiger partial charge < -0.3 is 4.90 Å². The second-order valence-electron chi connectivity index (χ2n) is 7.02. The molecule has 0 aliphatic carbocycles. The van der Waals surface area contributed by atoms with E-state index in [1.165, 1.54) is 17.4 Å². The van der Waals surface area contributed by atoms with Crippen LogP contribution in [0.25, 0.3) is 11.1 Å². The van der Waals surface area contributed by atoms with Crippen LogP contribution in [-0.2, 0) is 6.54 Å². The van der Waals surface area contributed by atoms with Gasteiger partial charge in [0.1, 0.15) is 0 Å². The summed E-state index contributed by atoms with van der Waals surface area (Å²) >= 11 is 1.49. The molecule has 4 rings (SSSR count). The van der Waals surface area contributed by atoms with Crippen LogP contribution in [0.3, 0.4) is 0 Å². The first kappa shape index (κ1) is 19.3. The molecule has 0 radical (unpaired) electrons. The van der Waals surface area contributed by atoms with Crippen molar-refractivity contribution in [2.75, 3.05) is 26.2 Å². The van der Waals surface area contributed by atoms with Gasteiger partial charge in [0, 0.05) is 50.4 Å². The minimum atomic E-state index is -0.370. The molecular weight excluding hydrogens is 386 g/mol. The maximum atomic E-state index is 13.1. The van der Waals surface area contributed by atoms with Crippen molar-refractivity contribution in [3.05, 3.63) is 86.6 Å². The highest BCUT2D eigenvalue weighted by Crippen LogP contribution is 2.29. The van der Waals surface area contributed by atoms with Crippen molar-refractivity contribution in [3.63, 3.8) is 0 Å². The molecule has 2 heterocycles. The van der Waals surface area contributed by atoms with Gasteiger partial charge in [-0.25, -0.2) is 0 Å². The lowest BCUT2D eigenvalue weighted by Crippen LogP contribution is -2.48. The summed E-state index contributed by atoms with van der Waals surface area (Å²) in [7, 11) is 0. The molecule has 0 atom stereocenters. The van der Waals surface area contributed by atoms with Gasteiger partial charge in [-0.2, -0.15) is 0 Å². The van der Waals surface area contributed by atoms with Crippen molar-refractivity contribution < 1.29 is 9.72 Å². The molecule has 3 aromatic rings. The largest absolute Gasteiger partial charge is 0.335 e. The highest BCUT2D eigenvalue weighted by Gasteiger charge is 2.25. The number of nitrogens with zero attached hydrogens (tertiary/aromatic N) is 3. The number of nitro benzene ring substituents is 1. The first-order chi connectivity index (χ1) is 14.1. The summed E-state index contributed by atoms with van der Waals surface area (Å²) < 4.78 is 0. The van der Waals surface area contributed by atoms with E-state index in [4.69, 9.17) is 0 Å².